The van der Waals surface area contributed by atoms with Crippen molar-refractivity contribution in [2.24, 2.45) is 0 Å². The van der Waals surface area contributed by atoms with Crippen molar-refractivity contribution in [2.75, 3.05) is 6.61 Å². The molecule has 1 aromatic rings. The summed E-state index contributed by atoms with van der Waals surface area (Å²) < 4.78 is 0. The Morgan fingerprint density at radius 3 is 2.61 bits per heavy atom. The number of aliphatic hydroxyl groups excluding tert-OH is 1. The maximum atomic E-state index is 11.3. The highest BCUT2D eigenvalue weighted by Gasteiger charge is 2.18. The first-order chi connectivity index (χ1) is 8.52. The molecule has 2 amide bonds. The summed E-state index contributed by atoms with van der Waals surface area (Å²) in [6.07, 6.45) is 3.07. The van der Waals surface area contributed by atoms with Gasteiger partial charge in [0, 0.05) is 6.20 Å². The Labute approximate surface area is 103 Å². The van der Waals surface area contributed by atoms with Gasteiger partial charge in [-0.1, -0.05) is 0 Å². The minimum absolute atomic E-state index is 0.122. The van der Waals surface area contributed by atoms with Crippen molar-refractivity contribution < 1.29 is 19.8 Å². The lowest BCUT2D eigenvalue weighted by molar-refractivity contribution is -0.140. The summed E-state index contributed by atoms with van der Waals surface area (Å²) in [7, 11) is 0. The number of hydrogen-bond acceptors (Lipinski definition) is 5. The molecule has 8 nitrogen and oxygen atoms in total. The standard InChI is InChI=1S/C10H14N4O4/c1-6-2-12-7(3-11-6)4-13-10(18)14-8(5-15)9(16)17/h2-3,8,15H,4-5H2,1H3,(H,16,17)(H2,13,14,18)/t8-/m0/s1. The van der Waals surface area contributed by atoms with Crippen molar-refractivity contribution in [3.05, 3.63) is 23.8 Å². The normalized spacial score (nSPS) is 11.7. The van der Waals surface area contributed by atoms with Gasteiger partial charge in [0.25, 0.3) is 0 Å². The molecule has 0 saturated heterocycles. The number of hydrogen-bond donors (Lipinski definition) is 4. The number of aryl methyl sites for hydroxylation is 1. The zero-order valence-corrected chi connectivity index (χ0v) is 9.75. The predicted octanol–water partition coefficient (Wildman–Crippen LogP) is -0.970. The quantitative estimate of drug-likeness (QED) is 0.536. The van der Waals surface area contributed by atoms with Gasteiger partial charge in [0.15, 0.2) is 6.04 Å². The molecule has 0 aliphatic heterocycles. The second-order valence-corrected chi connectivity index (χ2v) is 3.55. The van der Waals surface area contributed by atoms with Crippen LogP contribution in [0.25, 0.3) is 0 Å². The molecule has 0 aromatic carbocycles. The Morgan fingerprint density at radius 1 is 1.39 bits per heavy atom. The fourth-order valence-corrected chi connectivity index (χ4v) is 1.08. The van der Waals surface area contributed by atoms with Gasteiger partial charge in [0.1, 0.15) is 0 Å². The molecule has 18 heavy (non-hydrogen) atoms. The summed E-state index contributed by atoms with van der Waals surface area (Å²) in [6, 6.07) is -2.02. The number of aliphatic hydroxyl groups is 1. The van der Waals surface area contributed by atoms with Gasteiger partial charge in [-0.3, -0.25) is 9.97 Å². The zero-order chi connectivity index (χ0) is 13.5. The van der Waals surface area contributed by atoms with Gasteiger partial charge in [0.05, 0.1) is 30.7 Å². The van der Waals surface area contributed by atoms with E-state index in [1.54, 1.807) is 13.1 Å². The Hall–Kier alpha value is -2.22. The summed E-state index contributed by atoms with van der Waals surface area (Å²) in [6.45, 7) is 1.24. The minimum Gasteiger partial charge on any atom is -0.480 e. The number of carboxylic acids is 1. The second-order valence-electron chi connectivity index (χ2n) is 3.55. The number of carbonyl (C=O) groups is 2. The molecule has 0 fully saturated rings. The van der Waals surface area contributed by atoms with Crippen molar-refractivity contribution >= 4 is 12.0 Å². The summed E-state index contributed by atoms with van der Waals surface area (Å²) in [4.78, 5) is 29.9. The highest BCUT2D eigenvalue weighted by atomic mass is 16.4. The highest BCUT2D eigenvalue weighted by molar-refractivity contribution is 5.82. The average Bonchev–Trinajstić information content (AvgIpc) is 2.35. The van der Waals surface area contributed by atoms with E-state index in [0.29, 0.717) is 5.69 Å². The molecule has 0 unspecified atom stereocenters. The van der Waals surface area contributed by atoms with Gasteiger partial charge < -0.3 is 20.8 Å². The maximum absolute atomic E-state index is 11.3. The second kappa shape index (κ2) is 6.50. The monoisotopic (exact) mass is 254 g/mol. The number of carbonyl (C=O) groups excluding carboxylic acids is 1. The van der Waals surface area contributed by atoms with E-state index >= 15 is 0 Å². The van der Waals surface area contributed by atoms with Crippen LogP contribution >= 0.6 is 0 Å². The summed E-state index contributed by atoms with van der Waals surface area (Å²) in [5.74, 6) is -1.30. The largest absolute Gasteiger partial charge is 0.480 e. The van der Waals surface area contributed by atoms with Gasteiger partial charge in [-0.25, -0.2) is 9.59 Å². The van der Waals surface area contributed by atoms with Crippen LogP contribution in [0.3, 0.4) is 0 Å². The van der Waals surface area contributed by atoms with Crippen molar-refractivity contribution in [1.29, 1.82) is 0 Å². The number of carboxylic acid groups (broad SMARTS) is 1. The number of aliphatic carboxylic acids is 1. The Bertz CT molecular complexity index is 420. The first-order valence-corrected chi connectivity index (χ1v) is 5.18. The summed E-state index contributed by atoms with van der Waals surface area (Å²) in [5.41, 5.74) is 1.31. The van der Waals surface area contributed by atoms with Crippen LogP contribution in [0.4, 0.5) is 4.79 Å². The third kappa shape index (κ3) is 4.34. The lowest BCUT2D eigenvalue weighted by atomic mass is 10.3. The molecule has 4 N–H and O–H groups in total. The molecule has 1 heterocycles. The third-order valence-corrected chi connectivity index (χ3v) is 2.05. The van der Waals surface area contributed by atoms with E-state index in [1.165, 1.54) is 6.20 Å². The SMILES string of the molecule is Cc1cnc(CNC(=O)N[C@@H](CO)C(=O)O)cn1. The van der Waals surface area contributed by atoms with Crippen molar-refractivity contribution in [3.63, 3.8) is 0 Å². The van der Waals surface area contributed by atoms with Gasteiger partial charge in [-0.2, -0.15) is 0 Å². The van der Waals surface area contributed by atoms with E-state index in [1.807, 2.05) is 0 Å². The van der Waals surface area contributed by atoms with Crippen LogP contribution in [0.5, 0.6) is 0 Å². The van der Waals surface area contributed by atoms with Crippen LogP contribution in [0.2, 0.25) is 0 Å². The number of amides is 2. The lowest BCUT2D eigenvalue weighted by Crippen LogP contribution is -2.47. The number of nitrogens with one attached hydrogen (secondary N) is 2. The van der Waals surface area contributed by atoms with Crippen LogP contribution in [-0.2, 0) is 11.3 Å². The van der Waals surface area contributed by atoms with Gasteiger partial charge in [-0.05, 0) is 6.92 Å². The average molecular weight is 254 g/mol. The number of aromatic nitrogens is 2. The predicted molar refractivity (Wildman–Crippen MR) is 60.7 cm³/mol. The topological polar surface area (TPSA) is 124 Å². The fraction of sp³-hybridized carbons (Fsp3) is 0.400. The molecule has 0 saturated carbocycles. The number of rotatable bonds is 5. The van der Waals surface area contributed by atoms with Crippen LogP contribution in [-0.4, -0.2) is 44.8 Å². The van der Waals surface area contributed by atoms with Gasteiger partial charge in [-0.15, -0.1) is 0 Å². The van der Waals surface area contributed by atoms with Gasteiger partial charge in [0.2, 0.25) is 0 Å². The summed E-state index contributed by atoms with van der Waals surface area (Å²) >= 11 is 0. The first kappa shape index (κ1) is 13.8. The maximum Gasteiger partial charge on any atom is 0.328 e. The van der Waals surface area contributed by atoms with Crippen LogP contribution in [0.1, 0.15) is 11.4 Å². The lowest BCUT2D eigenvalue weighted by Gasteiger charge is -2.12. The number of nitrogens with zero attached hydrogens (tertiary/aromatic N) is 2. The number of urea groups is 1. The molecular formula is C10H14N4O4. The molecule has 0 aliphatic carbocycles. The Kier molecular flexibility index (Phi) is 5.00. The smallest absolute Gasteiger partial charge is 0.328 e. The van der Waals surface area contributed by atoms with E-state index in [4.69, 9.17) is 10.2 Å². The van der Waals surface area contributed by atoms with Crippen molar-refractivity contribution in [2.45, 2.75) is 19.5 Å². The minimum atomic E-state index is -1.32. The van der Waals surface area contributed by atoms with E-state index < -0.39 is 24.6 Å². The first-order valence-electron chi connectivity index (χ1n) is 5.18. The van der Waals surface area contributed by atoms with E-state index in [-0.39, 0.29) is 6.54 Å². The van der Waals surface area contributed by atoms with E-state index in [9.17, 15) is 9.59 Å². The molecule has 1 atom stereocenters. The molecule has 1 rings (SSSR count). The van der Waals surface area contributed by atoms with Gasteiger partial charge >= 0.3 is 12.0 Å². The van der Waals surface area contributed by atoms with E-state index in [2.05, 4.69) is 20.6 Å². The Morgan fingerprint density at radius 2 is 2.11 bits per heavy atom. The molecule has 0 spiro atoms. The fourth-order valence-electron chi connectivity index (χ4n) is 1.08. The highest BCUT2D eigenvalue weighted by Crippen LogP contribution is 1.93. The van der Waals surface area contributed by atoms with Crippen LogP contribution in [0.15, 0.2) is 12.4 Å². The molecule has 0 radical (unpaired) electrons. The molecule has 8 heteroatoms. The van der Waals surface area contributed by atoms with Crippen molar-refractivity contribution in [1.82, 2.24) is 20.6 Å². The molecule has 98 valence electrons. The molecular weight excluding hydrogens is 240 g/mol. The Balaban J connectivity index is 2.41. The third-order valence-electron chi connectivity index (χ3n) is 2.05. The summed E-state index contributed by atoms with van der Waals surface area (Å²) in [5, 5.41) is 21.8. The van der Waals surface area contributed by atoms with Crippen molar-refractivity contribution in [3.8, 4) is 0 Å². The van der Waals surface area contributed by atoms with Crippen LogP contribution in [0, 0.1) is 6.92 Å². The molecule has 0 bridgehead atoms. The molecule has 0 aliphatic rings. The van der Waals surface area contributed by atoms with E-state index in [0.717, 1.165) is 5.69 Å². The molecule has 1 aromatic heterocycles. The zero-order valence-electron chi connectivity index (χ0n) is 9.75. The van der Waals surface area contributed by atoms with Crippen LogP contribution < -0.4 is 10.6 Å².